The van der Waals surface area contributed by atoms with Crippen molar-refractivity contribution in [1.29, 1.82) is 0 Å². The highest BCUT2D eigenvalue weighted by molar-refractivity contribution is 9.10. The van der Waals surface area contributed by atoms with E-state index in [2.05, 4.69) is 25.9 Å². The maximum Gasteiger partial charge on any atom is 0.255 e. The van der Waals surface area contributed by atoms with Crippen molar-refractivity contribution in [2.75, 3.05) is 18.5 Å². The largest absolute Gasteiger partial charge is 0.353 e. The third kappa shape index (κ3) is 2.75. The van der Waals surface area contributed by atoms with Crippen LogP contribution in [0.3, 0.4) is 0 Å². The maximum absolute atomic E-state index is 12.1. The number of nitrogens with zero attached hydrogens (tertiary/aromatic N) is 3. The predicted octanol–water partition coefficient (Wildman–Crippen LogP) is 2.59. The Labute approximate surface area is 93.2 Å². The SMILES string of the molecule is CN(CC(F)F)c1ncnc(Cl)c1Br. The van der Waals surface area contributed by atoms with Crippen molar-refractivity contribution >= 4 is 33.3 Å². The molecule has 0 aliphatic rings. The summed E-state index contributed by atoms with van der Waals surface area (Å²) in [7, 11) is 1.51. The van der Waals surface area contributed by atoms with E-state index >= 15 is 0 Å². The molecule has 0 radical (unpaired) electrons. The fourth-order valence-corrected chi connectivity index (χ4v) is 1.54. The summed E-state index contributed by atoms with van der Waals surface area (Å²) in [6.07, 6.45) is -1.19. The van der Waals surface area contributed by atoms with E-state index in [0.717, 1.165) is 0 Å². The minimum absolute atomic E-state index is 0.205. The molecular formula is C7H7BrClF2N3. The molecule has 7 heteroatoms. The van der Waals surface area contributed by atoms with Crippen LogP contribution in [0.1, 0.15) is 0 Å². The van der Waals surface area contributed by atoms with Crippen LogP contribution >= 0.6 is 27.5 Å². The number of aromatic nitrogens is 2. The van der Waals surface area contributed by atoms with Crippen molar-refractivity contribution in [1.82, 2.24) is 9.97 Å². The van der Waals surface area contributed by atoms with Crippen molar-refractivity contribution < 1.29 is 8.78 Å². The molecular weight excluding hydrogens is 279 g/mol. The number of hydrogen-bond acceptors (Lipinski definition) is 3. The van der Waals surface area contributed by atoms with Crippen molar-refractivity contribution in [3.05, 3.63) is 16.0 Å². The van der Waals surface area contributed by atoms with Crippen molar-refractivity contribution in [3.63, 3.8) is 0 Å². The summed E-state index contributed by atoms with van der Waals surface area (Å²) in [6.45, 7) is -0.397. The third-order valence-electron chi connectivity index (χ3n) is 1.50. The van der Waals surface area contributed by atoms with Crippen LogP contribution in [0.15, 0.2) is 10.8 Å². The Morgan fingerprint density at radius 2 is 2.21 bits per heavy atom. The summed E-state index contributed by atoms with van der Waals surface area (Å²) in [5.74, 6) is 0.352. The van der Waals surface area contributed by atoms with E-state index in [1.165, 1.54) is 18.3 Å². The van der Waals surface area contributed by atoms with E-state index in [1.807, 2.05) is 0 Å². The van der Waals surface area contributed by atoms with Gasteiger partial charge in [-0.05, 0) is 15.9 Å². The van der Waals surface area contributed by atoms with E-state index in [0.29, 0.717) is 10.3 Å². The lowest BCUT2D eigenvalue weighted by atomic mass is 10.5. The second kappa shape index (κ2) is 4.84. The smallest absolute Gasteiger partial charge is 0.255 e. The van der Waals surface area contributed by atoms with Gasteiger partial charge in [0.1, 0.15) is 17.3 Å². The number of halogens is 4. The van der Waals surface area contributed by atoms with E-state index in [9.17, 15) is 8.78 Å². The van der Waals surface area contributed by atoms with Crippen molar-refractivity contribution in [3.8, 4) is 0 Å². The average molecular weight is 287 g/mol. The highest BCUT2D eigenvalue weighted by atomic mass is 79.9. The second-order valence-electron chi connectivity index (χ2n) is 2.57. The van der Waals surface area contributed by atoms with Crippen molar-refractivity contribution in [2.45, 2.75) is 6.43 Å². The molecule has 14 heavy (non-hydrogen) atoms. The van der Waals surface area contributed by atoms with Gasteiger partial charge in [-0.1, -0.05) is 11.6 Å². The number of hydrogen-bond donors (Lipinski definition) is 0. The van der Waals surface area contributed by atoms with Crippen LogP contribution in [0.4, 0.5) is 14.6 Å². The number of alkyl halides is 2. The Hall–Kier alpha value is -0.490. The minimum atomic E-state index is -2.42. The molecule has 0 fully saturated rings. The summed E-state index contributed by atoms with van der Waals surface area (Å²) < 4.78 is 24.6. The molecule has 0 amide bonds. The molecule has 0 atom stereocenters. The van der Waals surface area contributed by atoms with E-state index < -0.39 is 13.0 Å². The molecule has 1 heterocycles. The minimum Gasteiger partial charge on any atom is -0.353 e. The van der Waals surface area contributed by atoms with Crippen LogP contribution in [-0.2, 0) is 0 Å². The van der Waals surface area contributed by atoms with Gasteiger partial charge in [0.05, 0.1) is 11.0 Å². The van der Waals surface area contributed by atoms with Gasteiger partial charge in [-0.15, -0.1) is 0 Å². The van der Waals surface area contributed by atoms with Gasteiger partial charge in [0.2, 0.25) is 0 Å². The lowest BCUT2D eigenvalue weighted by Crippen LogP contribution is -2.25. The summed E-state index contributed by atoms with van der Waals surface area (Å²) in [5.41, 5.74) is 0. The fraction of sp³-hybridized carbons (Fsp3) is 0.429. The monoisotopic (exact) mass is 285 g/mol. The van der Waals surface area contributed by atoms with Gasteiger partial charge >= 0.3 is 0 Å². The normalized spacial score (nSPS) is 10.7. The van der Waals surface area contributed by atoms with Gasteiger partial charge in [-0.3, -0.25) is 0 Å². The Morgan fingerprint density at radius 1 is 1.57 bits per heavy atom. The Balaban J connectivity index is 2.89. The molecule has 78 valence electrons. The molecule has 0 unspecified atom stereocenters. The van der Waals surface area contributed by atoms with Gasteiger partial charge in [0.25, 0.3) is 6.43 Å². The molecule has 1 rings (SSSR count). The highest BCUT2D eigenvalue weighted by Crippen LogP contribution is 2.28. The standard InChI is InChI=1S/C7H7BrClF2N3/c1-14(2-4(10)11)7-5(8)6(9)12-3-13-7/h3-4H,2H2,1H3. The first-order valence-corrected chi connectivity index (χ1v) is 4.84. The van der Waals surface area contributed by atoms with Gasteiger partial charge < -0.3 is 4.90 Å². The highest BCUT2D eigenvalue weighted by Gasteiger charge is 2.14. The van der Waals surface area contributed by atoms with Crippen LogP contribution in [0, 0.1) is 0 Å². The zero-order valence-corrected chi connectivity index (χ0v) is 9.56. The molecule has 0 aliphatic carbocycles. The zero-order chi connectivity index (χ0) is 10.7. The van der Waals surface area contributed by atoms with Gasteiger partial charge in [0, 0.05) is 7.05 Å². The summed E-state index contributed by atoms with van der Waals surface area (Å²) in [6, 6.07) is 0. The molecule has 0 bridgehead atoms. The average Bonchev–Trinajstić information content (AvgIpc) is 2.08. The van der Waals surface area contributed by atoms with Gasteiger partial charge in [-0.25, -0.2) is 18.7 Å². The maximum atomic E-state index is 12.1. The topological polar surface area (TPSA) is 29.0 Å². The molecule has 0 aliphatic heterocycles. The fourth-order valence-electron chi connectivity index (χ4n) is 0.899. The van der Waals surface area contributed by atoms with Crippen LogP contribution in [0.2, 0.25) is 5.15 Å². The first kappa shape index (κ1) is 11.6. The van der Waals surface area contributed by atoms with Crippen molar-refractivity contribution in [2.24, 2.45) is 0 Å². The van der Waals surface area contributed by atoms with Gasteiger partial charge in [-0.2, -0.15) is 0 Å². The van der Waals surface area contributed by atoms with E-state index in [1.54, 1.807) is 0 Å². The Kier molecular flexibility index (Phi) is 4.00. The third-order valence-corrected chi connectivity index (χ3v) is 2.75. The second-order valence-corrected chi connectivity index (χ2v) is 3.72. The summed E-state index contributed by atoms with van der Waals surface area (Å²) in [4.78, 5) is 8.84. The summed E-state index contributed by atoms with van der Waals surface area (Å²) >= 11 is 8.81. The Morgan fingerprint density at radius 3 is 2.79 bits per heavy atom. The van der Waals surface area contributed by atoms with E-state index in [4.69, 9.17) is 11.6 Å². The predicted molar refractivity (Wildman–Crippen MR) is 54.0 cm³/mol. The van der Waals surface area contributed by atoms with E-state index in [-0.39, 0.29) is 5.15 Å². The van der Waals surface area contributed by atoms with Crippen LogP contribution in [0.25, 0.3) is 0 Å². The molecule has 1 aromatic heterocycles. The molecule has 1 aromatic rings. The molecule has 0 spiro atoms. The Bertz CT molecular complexity index is 324. The first-order valence-electron chi connectivity index (χ1n) is 3.67. The number of anilines is 1. The lowest BCUT2D eigenvalue weighted by molar-refractivity contribution is 0.156. The molecule has 3 nitrogen and oxygen atoms in total. The quantitative estimate of drug-likeness (QED) is 0.800. The summed E-state index contributed by atoms with van der Waals surface area (Å²) in [5, 5.41) is 0.205. The molecule has 0 saturated heterocycles. The number of rotatable bonds is 3. The van der Waals surface area contributed by atoms with Crippen LogP contribution in [-0.4, -0.2) is 30.0 Å². The molecule has 0 saturated carbocycles. The zero-order valence-electron chi connectivity index (χ0n) is 7.22. The molecule has 0 N–H and O–H groups in total. The van der Waals surface area contributed by atoms with Crippen LogP contribution < -0.4 is 4.90 Å². The van der Waals surface area contributed by atoms with Crippen LogP contribution in [0.5, 0.6) is 0 Å². The van der Waals surface area contributed by atoms with Gasteiger partial charge in [0.15, 0.2) is 0 Å². The first-order chi connectivity index (χ1) is 6.52. The molecule has 0 aromatic carbocycles. The lowest BCUT2D eigenvalue weighted by Gasteiger charge is -2.18.